The van der Waals surface area contributed by atoms with Crippen molar-refractivity contribution >= 4 is 17.0 Å². The Balaban J connectivity index is 2.08. The summed E-state index contributed by atoms with van der Waals surface area (Å²) in [6, 6.07) is 6.19. The highest BCUT2D eigenvalue weighted by molar-refractivity contribution is 7.09. The number of nitrogens with one attached hydrogen (secondary N) is 1. The van der Waals surface area contributed by atoms with Crippen LogP contribution in [0.15, 0.2) is 29.9 Å². The zero-order chi connectivity index (χ0) is 11.4. The van der Waals surface area contributed by atoms with Crippen LogP contribution < -0.4 is 5.32 Å². The number of nitriles is 1. The topological polar surface area (TPSA) is 48.7 Å². The summed E-state index contributed by atoms with van der Waals surface area (Å²) in [6.07, 6.45) is 1.77. The summed E-state index contributed by atoms with van der Waals surface area (Å²) < 4.78 is 13.0. The van der Waals surface area contributed by atoms with E-state index in [1.54, 1.807) is 35.2 Å². The van der Waals surface area contributed by atoms with Crippen molar-refractivity contribution in [2.45, 2.75) is 6.54 Å². The zero-order valence-corrected chi connectivity index (χ0v) is 9.09. The molecular weight excluding hydrogens is 225 g/mol. The summed E-state index contributed by atoms with van der Waals surface area (Å²) in [7, 11) is 0. The molecule has 0 saturated heterocycles. The molecule has 1 aromatic heterocycles. The Hall–Kier alpha value is -1.93. The molecule has 1 heterocycles. The SMILES string of the molecule is N#Cc1cc(NCc2cncs2)ccc1F. The molecule has 0 saturated carbocycles. The van der Waals surface area contributed by atoms with Crippen molar-refractivity contribution in [1.82, 2.24) is 4.98 Å². The van der Waals surface area contributed by atoms with E-state index in [0.717, 1.165) is 10.6 Å². The van der Waals surface area contributed by atoms with Gasteiger partial charge < -0.3 is 5.32 Å². The molecule has 0 radical (unpaired) electrons. The maximum atomic E-state index is 13.0. The van der Waals surface area contributed by atoms with E-state index in [9.17, 15) is 4.39 Å². The Morgan fingerprint density at radius 1 is 1.50 bits per heavy atom. The molecule has 0 amide bonds. The first-order valence-corrected chi connectivity index (χ1v) is 5.48. The lowest BCUT2D eigenvalue weighted by atomic mass is 10.2. The Kier molecular flexibility index (Phi) is 3.13. The fourth-order valence-electron chi connectivity index (χ4n) is 1.24. The first-order valence-electron chi connectivity index (χ1n) is 4.60. The number of hydrogen-bond donors (Lipinski definition) is 1. The van der Waals surface area contributed by atoms with Crippen LogP contribution in [0.5, 0.6) is 0 Å². The zero-order valence-electron chi connectivity index (χ0n) is 8.27. The Morgan fingerprint density at radius 2 is 2.38 bits per heavy atom. The number of thiazole rings is 1. The summed E-state index contributed by atoms with van der Waals surface area (Å²) in [6.45, 7) is 0.626. The quantitative estimate of drug-likeness (QED) is 0.886. The third-order valence-electron chi connectivity index (χ3n) is 2.04. The van der Waals surface area contributed by atoms with Crippen LogP contribution in [0.3, 0.4) is 0 Å². The molecule has 0 aliphatic carbocycles. The number of benzene rings is 1. The number of rotatable bonds is 3. The minimum absolute atomic E-state index is 0.0503. The highest BCUT2D eigenvalue weighted by Crippen LogP contribution is 2.15. The molecule has 0 unspecified atom stereocenters. The summed E-state index contributed by atoms with van der Waals surface area (Å²) in [4.78, 5) is 5.03. The lowest BCUT2D eigenvalue weighted by molar-refractivity contribution is 0.624. The molecule has 0 bridgehead atoms. The van der Waals surface area contributed by atoms with Crippen LogP contribution >= 0.6 is 11.3 Å². The standard InChI is InChI=1S/C11H8FN3S/c12-11-2-1-9(3-8(11)4-13)15-6-10-5-14-7-16-10/h1-3,5,7,15H,6H2. The van der Waals surface area contributed by atoms with Crippen LogP contribution in [0.4, 0.5) is 10.1 Å². The van der Waals surface area contributed by atoms with Gasteiger partial charge in [-0.15, -0.1) is 11.3 Å². The Morgan fingerprint density at radius 3 is 3.06 bits per heavy atom. The Labute approximate surface area is 96.2 Å². The molecule has 2 aromatic rings. The van der Waals surface area contributed by atoms with Gasteiger partial charge in [0, 0.05) is 16.8 Å². The van der Waals surface area contributed by atoms with E-state index < -0.39 is 5.82 Å². The van der Waals surface area contributed by atoms with E-state index >= 15 is 0 Å². The normalized spacial score (nSPS) is 9.75. The van der Waals surface area contributed by atoms with Crippen molar-refractivity contribution in [3.8, 4) is 6.07 Å². The minimum Gasteiger partial charge on any atom is -0.380 e. The van der Waals surface area contributed by atoms with E-state index in [1.807, 2.05) is 0 Å². The highest BCUT2D eigenvalue weighted by Gasteiger charge is 2.02. The van der Waals surface area contributed by atoms with Crippen LogP contribution in [-0.4, -0.2) is 4.98 Å². The van der Waals surface area contributed by atoms with E-state index in [2.05, 4.69) is 10.3 Å². The van der Waals surface area contributed by atoms with Gasteiger partial charge >= 0.3 is 0 Å². The van der Waals surface area contributed by atoms with Gasteiger partial charge in [0.25, 0.3) is 0 Å². The molecule has 0 aliphatic rings. The monoisotopic (exact) mass is 233 g/mol. The first kappa shape index (κ1) is 10.6. The largest absolute Gasteiger partial charge is 0.380 e. The van der Waals surface area contributed by atoms with Crippen LogP contribution in [-0.2, 0) is 6.54 Å². The van der Waals surface area contributed by atoms with Gasteiger partial charge in [0.15, 0.2) is 0 Å². The van der Waals surface area contributed by atoms with Gasteiger partial charge in [-0.2, -0.15) is 5.26 Å². The number of halogens is 1. The van der Waals surface area contributed by atoms with Gasteiger partial charge in [0.2, 0.25) is 0 Å². The van der Waals surface area contributed by atoms with Gasteiger partial charge in [-0.1, -0.05) is 0 Å². The lowest BCUT2D eigenvalue weighted by Crippen LogP contribution is -1.98. The second kappa shape index (κ2) is 4.73. The molecule has 1 aromatic carbocycles. The molecule has 5 heteroatoms. The highest BCUT2D eigenvalue weighted by atomic mass is 32.1. The van der Waals surface area contributed by atoms with Crippen LogP contribution in [0, 0.1) is 17.1 Å². The third kappa shape index (κ3) is 2.35. The van der Waals surface area contributed by atoms with Gasteiger partial charge in [0.05, 0.1) is 17.6 Å². The van der Waals surface area contributed by atoms with E-state index in [0.29, 0.717) is 6.54 Å². The molecule has 80 valence electrons. The maximum Gasteiger partial charge on any atom is 0.141 e. The average molecular weight is 233 g/mol. The Bertz CT molecular complexity index is 517. The molecule has 0 fully saturated rings. The molecule has 0 spiro atoms. The molecule has 3 nitrogen and oxygen atoms in total. The first-order chi connectivity index (χ1) is 7.79. The second-order valence-electron chi connectivity index (χ2n) is 3.13. The van der Waals surface area contributed by atoms with Crippen molar-refractivity contribution in [2.75, 3.05) is 5.32 Å². The third-order valence-corrected chi connectivity index (χ3v) is 2.82. The number of aromatic nitrogens is 1. The molecule has 1 N–H and O–H groups in total. The van der Waals surface area contributed by atoms with Gasteiger partial charge in [0.1, 0.15) is 11.9 Å². The van der Waals surface area contributed by atoms with Crippen molar-refractivity contribution in [3.05, 3.63) is 46.2 Å². The molecular formula is C11H8FN3S. The van der Waals surface area contributed by atoms with Gasteiger partial charge in [-0.25, -0.2) is 4.39 Å². The number of anilines is 1. The van der Waals surface area contributed by atoms with Crippen LogP contribution in [0.2, 0.25) is 0 Å². The summed E-state index contributed by atoms with van der Waals surface area (Å²) >= 11 is 1.54. The maximum absolute atomic E-state index is 13.0. The predicted molar refractivity (Wildman–Crippen MR) is 60.6 cm³/mol. The van der Waals surface area contributed by atoms with Crippen molar-refractivity contribution in [3.63, 3.8) is 0 Å². The van der Waals surface area contributed by atoms with Gasteiger partial charge in [-0.05, 0) is 18.2 Å². The molecule has 0 atom stereocenters. The summed E-state index contributed by atoms with van der Waals surface area (Å²) in [5.41, 5.74) is 2.53. The van der Waals surface area contributed by atoms with E-state index in [4.69, 9.17) is 5.26 Å². The molecule has 0 aliphatic heterocycles. The van der Waals surface area contributed by atoms with Gasteiger partial charge in [-0.3, -0.25) is 4.98 Å². The lowest BCUT2D eigenvalue weighted by Gasteiger charge is -2.04. The summed E-state index contributed by atoms with van der Waals surface area (Å²) in [5.74, 6) is -0.495. The fraction of sp³-hybridized carbons (Fsp3) is 0.0909. The van der Waals surface area contributed by atoms with Crippen LogP contribution in [0.1, 0.15) is 10.4 Å². The second-order valence-corrected chi connectivity index (χ2v) is 4.10. The smallest absolute Gasteiger partial charge is 0.141 e. The predicted octanol–water partition coefficient (Wildman–Crippen LogP) is 2.77. The van der Waals surface area contributed by atoms with E-state index in [1.165, 1.54) is 12.1 Å². The average Bonchev–Trinajstić information content (AvgIpc) is 2.81. The summed E-state index contributed by atoms with van der Waals surface area (Å²) in [5, 5.41) is 11.8. The minimum atomic E-state index is -0.495. The molecule has 16 heavy (non-hydrogen) atoms. The fourth-order valence-corrected chi connectivity index (χ4v) is 1.77. The molecule has 2 rings (SSSR count). The number of nitrogens with zero attached hydrogens (tertiary/aromatic N) is 2. The number of hydrogen-bond acceptors (Lipinski definition) is 4. The van der Waals surface area contributed by atoms with E-state index in [-0.39, 0.29) is 5.56 Å². The van der Waals surface area contributed by atoms with Crippen molar-refractivity contribution in [2.24, 2.45) is 0 Å². The van der Waals surface area contributed by atoms with Crippen molar-refractivity contribution < 1.29 is 4.39 Å². The van der Waals surface area contributed by atoms with Crippen LogP contribution in [0.25, 0.3) is 0 Å². The van der Waals surface area contributed by atoms with Crippen molar-refractivity contribution in [1.29, 1.82) is 5.26 Å².